The van der Waals surface area contributed by atoms with Gasteiger partial charge >= 0.3 is 23.9 Å². The molecule has 0 saturated heterocycles. The monoisotopic (exact) mass is 374 g/mol. The summed E-state index contributed by atoms with van der Waals surface area (Å²) < 4.78 is 0. The Morgan fingerprint density at radius 3 is 1.15 bits per heavy atom. The molecule has 0 spiro atoms. The molecular weight excluding hydrogens is 348 g/mol. The van der Waals surface area contributed by atoms with Gasteiger partial charge in [0.25, 0.3) is 0 Å². The number of rotatable bonds is 10. The van der Waals surface area contributed by atoms with Crippen LogP contribution in [0.15, 0.2) is 0 Å². The molecule has 1 aliphatic rings. The summed E-state index contributed by atoms with van der Waals surface area (Å²) in [4.78, 5) is 44.2. The molecule has 26 heavy (non-hydrogen) atoms. The van der Waals surface area contributed by atoms with E-state index in [1.807, 2.05) is 0 Å². The molecule has 4 atom stereocenters. The summed E-state index contributed by atoms with van der Waals surface area (Å²) in [6.45, 7) is 0. The number of carboxylic acids is 4. The van der Waals surface area contributed by atoms with Gasteiger partial charge in [0.2, 0.25) is 0 Å². The van der Waals surface area contributed by atoms with Crippen LogP contribution in [0.2, 0.25) is 0 Å². The predicted octanol–water partition coefficient (Wildman–Crippen LogP) is -0.202. The third-order valence-electron chi connectivity index (χ3n) is 5.26. The van der Waals surface area contributed by atoms with Crippen LogP contribution in [0.1, 0.15) is 38.5 Å². The van der Waals surface area contributed by atoms with Crippen LogP contribution < -0.4 is 11.5 Å². The lowest BCUT2D eigenvalue weighted by molar-refractivity contribution is -0.150. The van der Waals surface area contributed by atoms with Crippen molar-refractivity contribution in [2.45, 2.75) is 50.6 Å². The molecule has 0 radical (unpaired) electrons. The number of carbonyl (C=O) groups is 4. The van der Waals surface area contributed by atoms with Crippen molar-refractivity contribution >= 4 is 23.9 Å². The van der Waals surface area contributed by atoms with Crippen LogP contribution in [0.3, 0.4) is 0 Å². The number of carboxylic acid groups (broad SMARTS) is 4. The van der Waals surface area contributed by atoms with E-state index in [0.29, 0.717) is 25.7 Å². The minimum Gasteiger partial charge on any atom is -0.481 e. The van der Waals surface area contributed by atoms with Crippen molar-refractivity contribution in [3.8, 4) is 0 Å². The van der Waals surface area contributed by atoms with Crippen molar-refractivity contribution < 1.29 is 39.6 Å². The van der Waals surface area contributed by atoms with E-state index in [1.54, 1.807) is 0 Å². The lowest BCUT2D eigenvalue weighted by atomic mass is 9.71. The fourth-order valence-corrected chi connectivity index (χ4v) is 3.72. The Balaban J connectivity index is 2.70. The van der Waals surface area contributed by atoms with Crippen molar-refractivity contribution in [3.63, 3.8) is 0 Å². The Morgan fingerprint density at radius 1 is 0.692 bits per heavy atom. The molecule has 0 aliphatic heterocycles. The first-order valence-electron chi connectivity index (χ1n) is 8.44. The zero-order valence-corrected chi connectivity index (χ0v) is 14.3. The molecule has 1 fully saturated rings. The van der Waals surface area contributed by atoms with Crippen LogP contribution in [0.4, 0.5) is 0 Å². The summed E-state index contributed by atoms with van der Waals surface area (Å²) in [5.41, 5.74) is 12.0. The Labute approximate surface area is 150 Å². The summed E-state index contributed by atoms with van der Waals surface area (Å²) in [5, 5.41) is 36.1. The van der Waals surface area contributed by atoms with E-state index in [2.05, 4.69) is 0 Å². The largest absolute Gasteiger partial charge is 0.481 e. The fraction of sp³-hybridized carbons (Fsp3) is 0.750. The molecule has 1 rings (SSSR count). The maximum Gasteiger partial charge on any atom is 0.308 e. The highest BCUT2D eigenvalue weighted by atomic mass is 16.4. The molecule has 0 heterocycles. The molecule has 0 amide bonds. The first-order chi connectivity index (χ1) is 12.0. The van der Waals surface area contributed by atoms with E-state index < -0.39 is 60.6 Å². The molecular formula is C16H26N2O8. The van der Waals surface area contributed by atoms with E-state index >= 15 is 0 Å². The van der Waals surface area contributed by atoms with E-state index in [0.717, 1.165) is 0 Å². The molecule has 0 bridgehead atoms. The van der Waals surface area contributed by atoms with Crippen molar-refractivity contribution in [1.82, 2.24) is 0 Å². The van der Waals surface area contributed by atoms with E-state index in [-0.39, 0.29) is 11.8 Å². The minimum absolute atomic E-state index is 0.207. The maximum absolute atomic E-state index is 11.3. The van der Waals surface area contributed by atoms with Gasteiger partial charge in [-0.2, -0.15) is 0 Å². The molecule has 148 valence electrons. The lowest BCUT2D eigenvalue weighted by Gasteiger charge is -2.37. The number of hydrogen-bond donors (Lipinski definition) is 6. The predicted molar refractivity (Wildman–Crippen MR) is 88.2 cm³/mol. The van der Waals surface area contributed by atoms with Crippen LogP contribution in [0.5, 0.6) is 0 Å². The first kappa shape index (κ1) is 21.8. The third-order valence-corrected chi connectivity index (χ3v) is 5.26. The summed E-state index contributed by atoms with van der Waals surface area (Å²) in [6.07, 6.45) is 0.834. The average molecular weight is 374 g/mol. The SMILES string of the molecule is NC(C1CCC(C(N)C(CC(=O)O)C(=O)O)CC1)C(CC(=O)O)C(=O)O. The van der Waals surface area contributed by atoms with Gasteiger partial charge in [-0.15, -0.1) is 0 Å². The van der Waals surface area contributed by atoms with Crippen LogP contribution in [0, 0.1) is 23.7 Å². The lowest BCUT2D eigenvalue weighted by Crippen LogP contribution is -2.47. The van der Waals surface area contributed by atoms with Crippen LogP contribution in [-0.2, 0) is 19.2 Å². The first-order valence-corrected chi connectivity index (χ1v) is 8.44. The highest BCUT2D eigenvalue weighted by Gasteiger charge is 2.39. The Hall–Kier alpha value is -2.20. The van der Waals surface area contributed by atoms with E-state index in [1.165, 1.54) is 0 Å². The highest BCUT2D eigenvalue weighted by Crippen LogP contribution is 2.36. The Bertz CT molecular complexity index is 496. The van der Waals surface area contributed by atoms with Gasteiger partial charge < -0.3 is 31.9 Å². The van der Waals surface area contributed by atoms with Gasteiger partial charge in [-0.3, -0.25) is 19.2 Å². The topological polar surface area (TPSA) is 201 Å². The van der Waals surface area contributed by atoms with Crippen LogP contribution in [0.25, 0.3) is 0 Å². The molecule has 8 N–H and O–H groups in total. The third kappa shape index (κ3) is 5.95. The zero-order chi connectivity index (χ0) is 20.0. The minimum atomic E-state index is -1.26. The summed E-state index contributed by atoms with van der Waals surface area (Å²) >= 11 is 0. The molecule has 1 saturated carbocycles. The normalized spacial score (nSPS) is 24.8. The second-order valence-corrected chi connectivity index (χ2v) is 6.91. The van der Waals surface area contributed by atoms with Crippen LogP contribution >= 0.6 is 0 Å². The summed E-state index contributed by atoms with van der Waals surface area (Å²) in [7, 11) is 0. The molecule has 0 aromatic heterocycles. The van der Waals surface area contributed by atoms with E-state index in [4.69, 9.17) is 21.7 Å². The van der Waals surface area contributed by atoms with Gasteiger partial charge in [0, 0.05) is 12.1 Å². The summed E-state index contributed by atoms with van der Waals surface area (Å²) in [6, 6.07) is -1.65. The van der Waals surface area contributed by atoms with Crippen molar-refractivity contribution in [1.29, 1.82) is 0 Å². The molecule has 10 nitrogen and oxygen atoms in total. The van der Waals surface area contributed by atoms with Crippen LogP contribution in [-0.4, -0.2) is 56.4 Å². The quantitative estimate of drug-likeness (QED) is 0.297. The maximum atomic E-state index is 11.3. The van der Waals surface area contributed by atoms with Crippen molar-refractivity contribution in [2.24, 2.45) is 35.1 Å². The smallest absolute Gasteiger partial charge is 0.308 e. The summed E-state index contributed by atoms with van der Waals surface area (Å²) in [5.74, 6) is -7.79. The second kappa shape index (κ2) is 9.48. The van der Waals surface area contributed by atoms with E-state index in [9.17, 15) is 29.4 Å². The van der Waals surface area contributed by atoms with Gasteiger partial charge in [-0.1, -0.05) is 0 Å². The van der Waals surface area contributed by atoms with Gasteiger partial charge in [0.05, 0.1) is 24.7 Å². The van der Waals surface area contributed by atoms with Gasteiger partial charge in [-0.05, 0) is 37.5 Å². The molecule has 0 aromatic rings. The van der Waals surface area contributed by atoms with Gasteiger partial charge in [-0.25, -0.2) is 0 Å². The highest BCUT2D eigenvalue weighted by molar-refractivity contribution is 5.79. The Morgan fingerprint density at radius 2 is 0.962 bits per heavy atom. The molecule has 10 heteroatoms. The second-order valence-electron chi connectivity index (χ2n) is 6.91. The Kier molecular flexibility index (Phi) is 7.97. The van der Waals surface area contributed by atoms with Crippen molar-refractivity contribution in [3.05, 3.63) is 0 Å². The standard InChI is InChI=1S/C16H26N2O8/c17-13(9(15(23)24)5-11(19)20)7-1-2-8(4-3-7)14(18)10(16(25)26)6-12(21)22/h7-10,13-14H,1-6,17-18H2,(H,19,20)(H,21,22)(H,23,24)(H,25,26). The number of nitrogens with two attached hydrogens (primary N) is 2. The molecule has 4 unspecified atom stereocenters. The number of hydrogen-bond acceptors (Lipinski definition) is 6. The van der Waals surface area contributed by atoms with Gasteiger partial charge in [0.15, 0.2) is 0 Å². The molecule has 0 aromatic carbocycles. The fourth-order valence-electron chi connectivity index (χ4n) is 3.72. The van der Waals surface area contributed by atoms with Gasteiger partial charge in [0.1, 0.15) is 0 Å². The average Bonchev–Trinajstić information content (AvgIpc) is 2.55. The zero-order valence-electron chi connectivity index (χ0n) is 14.3. The van der Waals surface area contributed by atoms with Crippen molar-refractivity contribution in [2.75, 3.05) is 0 Å². The molecule has 1 aliphatic carbocycles. The number of aliphatic carboxylic acids is 4.